The first-order valence-corrected chi connectivity index (χ1v) is 9.40. The molecule has 0 aliphatic carbocycles. The van der Waals surface area contributed by atoms with E-state index in [4.69, 9.17) is 20.2 Å². The SMILES string of the molecule is CCOCCCn1c(N)c(C(=O)O[C@H](C)CC)c2nc3ccccc3nc21. The largest absolute Gasteiger partial charge is 0.459 e. The molecular weight excluding hydrogens is 344 g/mol. The third-order valence-electron chi connectivity index (χ3n) is 4.55. The molecule has 0 bridgehead atoms. The quantitative estimate of drug-likeness (QED) is 0.481. The number of rotatable bonds is 8. The van der Waals surface area contributed by atoms with Crippen LogP contribution in [-0.2, 0) is 16.0 Å². The Kier molecular flexibility index (Phi) is 5.91. The van der Waals surface area contributed by atoms with Gasteiger partial charge in [-0.1, -0.05) is 19.1 Å². The smallest absolute Gasteiger partial charge is 0.344 e. The van der Waals surface area contributed by atoms with Gasteiger partial charge in [-0.2, -0.15) is 0 Å². The number of para-hydroxylation sites is 2. The van der Waals surface area contributed by atoms with Gasteiger partial charge in [-0.3, -0.25) is 0 Å². The van der Waals surface area contributed by atoms with Gasteiger partial charge in [0.15, 0.2) is 5.65 Å². The van der Waals surface area contributed by atoms with Crippen LogP contribution in [0.1, 0.15) is 44.0 Å². The lowest BCUT2D eigenvalue weighted by Gasteiger charge is -2.11. The Morgan fingerprint density at radius 1 is 1.22 bits per heavy atom. The van der Waals surface area contributed by atoms with Crippen LogP contribution in [0.4, 0.5) is 5.82 Å². The van der Waals surface area contributed by atoms with Crippen molar-refractivity contribution in [3.63, 3.8) is 0 Å². The molecule has 3 aromatic rings. The van der Waals surface area contributed by atoms with Crippen molar-refractivity contribution in [1.29, 1.82) is 0 Å². The van der Waals surface area contributed by atoms with Gasteiger partial charge in [0.05, 0.1) is 17.1 Å². The highest BCUT2D eigenvalue weighted by atomic mass is 16.5. The average molecular weight is 370 g/mol. The third kappa shape index (κ3) is 3.88. The number of anilines is 1. The zero-order chi connectivity index (χ0) is 19.4. The van der Waals surface area contributed by atoms with Gasteiger partial charge in [0.25, 0.3) is 0 Å². The van der Waals surface area contributed by atoms with Gasteiger partial charge in [0.2, 0.25) is 0 Å². The summed E-state index contributed by atoms with van der Waals surface area (Å²) >= 11 is 0. The van der Waals surface area contributed by atoms with Crippen molar-refractivity contribution < 1.29 is 14.3 Å². The molecule has 0 saturated carbocycles. The van der Waals surface area contributed by atoms with Gasteiger partial charge in [-0.05, 0) is 38.8 Å². The molecule has 27 heavy (non-hydrogen) atoms. The van der Waals surface area contributed by atoms with Crippen molar-refractivity contribution >= 4 is 34.0 Å². The van der Waals surface area contributed by atoms with Crippen LogP contribution in [0.3, 0.4) is 0 Å². The molecule has 0 fully saturated rings. The number of ether oxygens (including phenoxy) is 2. The molecule has 0 saturated heterocycles. The Morgan fingerprint density at radius 3 is 2.59 bits per heavy atom. The molecule has 0 aliphatic rings. The molecule has 0 radical (unpaired) electrons. The standard InChI is InChI=1S/C20H26N4O3/c1-4-13(3)27-20(25)16-17-19(23-15-10-7-6-9-14(15)22-17)24(18(16)21)11-8-12-26-5-2/h6-7,9-10,13H,4-5,8,11-12,21H2,1-3H3/t13-/m1/s1. The van der Waals surface area contributed by atoms with Crippen molar-refractivity contribution in [2.45, 2.75) is 46.3 Å². The monoisotopic (exact) mass is 370 g/mol. The number of fused-ring (bicyclic) bond motifs is 2. The van der Waals surface area contributed by atoms with E-state index in [2.05, 4.69) is 4.98 Å². The maximum Gasteiger partial charge on any atom is 0.344 e. The normalized spacial score (nSPS) is 12.6. The molecule has 2 heterocycles. The molecule has 2 aromatic heterocycles. The molecule has 7 nitrogen and oxygen atoms in total. The van der Waals surface area contributed by atoms with E-state index in [1.165, 1.54) is 0 Å². The van der Waals surface area contributed by atoms with Crippen LogP contribution < -0.4 is 5.73 Å². The summed E-state index contributed by atoms with van der Waals surface area (Å²) < 4.78 is 12.8. The lowest BCUT2D eigenvalue weighted by atomic mass is 10.2. The first-order chi connectivity index (χ1) is 13.1. The summed E-state index contributed by atoms with van der Waals surface area (Å²) in [4.78, 5) is 22.1. The van der Waals surface area contributed by atoms with Crippen LogP contribution >= 0.6 is 0 Å². The number of nitrogen functional groups attached to an aromatic ring is 1. The molecule has 0 amide bonds. The fourth-order valence-electron chi connectivity index (χ4n) is 2.94. The second-order valence-electron chi connectivity index (χ2n) is 6.47. The van der Waals surface area contributed by atoms with E-state index in [1.54, 1.807) is 0 Å². The number of hydrogen-bond donors (Lipinski definition) is 1. The molecule has 1 atom stereocenters. The summed E-state index contributed by atoms with van der Waals surface area (Å²) in [6.07, 6.45) is 1.30. The number of nitrogens with two attached hydrogens (primary N) is 1. The van der Waals surface area contributed by atoms with Gasteiger partial charge in [0.1, 0.15) is 16.9 Å². The van der Waals surface area contributed by atoms with E-state index in [1.807, 2.05) is 49.6 Å². The number of nitrogens with zero attached hydrogens (tertiary/aromatic N) is 3. The van der Waals surface area contributed by atoms with E-state index >= 15 is 0 Å². The molecule has 0 spiro atoms. The summed E-state index contributed by atoms with van der Waals surface area (Å²) in [6, 6.07) is 7.57. The van der Waals surface area contributed by atoms with E-state index in [-0.39, 0.29) is 6.10 Å². The van der Waals surface area contributed by atoms with E-state index in [0.29, 0.717) is 47.8 Å². The second kappa shape index (κ2) is 8.35. The van der Waals surface area contributed by atoms with Crippen LogP contribution in [0.15, 0.2) is 24.3 Å². The van der Waals surface area contributed by atoms with Crippen molar-refractivity contribution in [2.24, 2.45) is 0 Å². The predicted molar refractivity (Wildman–Crippen MR) is 106 cm³/mol. The van der Waals surface area contributed by atoms with E-state index in [0.717, 1.165) is 18.4 Å². The zero-order valence-corrected chi connectivity index (χ0v) is 16.1. The third-order valence-corrected chi connectivity index (χ3v) is 4.55. The van der Waals surface area contributed by atoms with Gasteiger partial charge < -0.3 is 19.8 Å². The van der Waals surface area contributed by atoms with Crippen molar-refractivity contribution in [3.8, 4) is 0 Å². The minimum Gasteiger partial charge on any atom is -0.459 e. The molecule has 0 unspecified atom stereocenters. The van der Waals surface area contributed by atoms with Crippen LogP contribution in [0, 0.1) is 0 Å². The molecule has 1 aromatic carbocycles. The first-order valence-electron chi connectivity index (χ1n) is 9.40. The van der Waals surface area contributed by atoms with Crippen LogP contribution in [0.25, 0.3) is 22.2 Å². The topological polar surface area (TPSA) is 92.3 Å². The number of aryl methyl sites for hydroxylation is 1. The highest BCUT2D eigenvalue weighted by molar-refractivity contribution is 6.08. The van der Waals surface area contributed by atoms with Gasteiger partial charge in [-0.15, -0.1) is 0 Å². The summed E-state index contributed by atoms with van der Waals surface area (Å²) in [5.74, 6) is -0.120. The number of aromatic nitrogens is 3. The predicted octanol–water partition coefficient (Wildman–Crippen LogP) is 3.55. The lowest BCUT2D eigenvalue weighted by molar-refractivity contribution is 0.0338. The fourth-order valence-corrected chi connectivity index (χ4v) is 2.94. The second-order valence-corrected chi connectivity index (χ2v) is 6.47. The first kappa shape index (κ1) is 19.1. The van der Waals surface area contributed by atoms with E-state index in [9.17, 15) is 4.79 Å². The Bertz CT molecular complexity index is 951. The minimum absolute atomic E-state index is 0.193. The van der Waals surface area contributed by atoms with Crippen molar-refractivity contribution in [1.82, 2.24) is 14.5 Å². The van der Waals surface area contributed by atoms with E-state index < -0.39 is 5.97 Å². The zero-order valence-electron chi connectivity index (χ0n) is 16.1. The molecule has 3 rings (SSSR count). The van der Waals surface area contributed by atoms with Gasteiger partial charge in [0, 0.05) is 19.8 Å². The van der Waals surface area contributed by atoms with Gasteiger partial charge >= 0.3 is 5.97 Å². The molecular formula is C20H26N4O3. The Labute approximate surface area is 158 Å². The van der Waals surface area contributed by atoms with Gasteiger partial charge in [-0.25, -0.2) is 14.8 Å². The maximum absolute atomic E-state index is 12.8. The number of hydrogen-bond acceptors (Lipinski definition) is 6. The van der Waals surface area contributed by atoms with Crippen molar-refractivity contribution in [3.05, 3.63) is 29.8 Å². The van der Waals surface area contributed by atoms with Crippen LogP contribution in [-0.4, -0.2) is 39.8 Å². The highest BCUT2D eigenvalue weighted by Crippen LogP contribution is 2.29. The fraction of sp³-hybridized carbons (Fsp3) is 0.450. The minimum atomic E-state index is -0.458. The Hall–Kier alpha value is -2.67. The Morgan fingerprint density at radius 2 is 1.93 bits per heavy atom. The van der Waals surface area contributed by atoms with Crippen LogP contribution in [0.2, 0.25) is 0 Å². The highest BCUT2D eigenvalue weighted by Gasteiger charge is 2.25. The molecule has 144 valence electrons. The molecule has 7 heteroatoms. The number of carbonyl (C=O) groups excluding carboxylic acids is 1. The average Bonchev–Trinajstić information content (AvgIpc) is 2.94. The number of carbonyl (C=O) groups is 1. The summed E-state index contributed by atoms with van der Waals surface area (Å²) in [6.45, 7) is 7.65. The van der Waals surface area contributed by atoms with Crippen molar-refractivity contribution in [2.75, 3.05) is 18.9 Å². The lowest BCUT2D eigenvalue weighted by Crippen LogP contribution is -2.16. The maximum atomic E-state index is 12.8. The Balaban J connectivity index is 2.10. The van der Waals surface area contributed by atoms with Crippen LogP contribution in [0.5, 0.6) is 0 Å². The number of esters is 1. The summed E-state index contributed by atoms with van der Waals surface area (Å²) in [7, 11) is 0. The molecule has 2 N–H and O–H groups in total. The molecule has 0 aliphatic heterocycles. The summed E-state index contributed by atoms with van der Waals surface area (Å²) in [5, 5.41) is 0. The number of benzene rings is 1. The summed E-state index contributed by atoms with van der Waals surface area (Å²) in [5.41, 5.74) is 9.20.